The van der Waals surface area contributed by atoms with Gasteiger partial charge in [-0.1, -0.05) is 32.0 Å². The summed E-state index contributed by atoms with van der Waals surface area (Å²) in [4.78, 5) is 24.6. The van der Waals surface area contributed by atoms with E-state index in [1.54, 1.807) is 11.0 Å². The van der Waals surface area contributed by atoms with Crippen LogP contribution in [-0.2, 0) is 5.41 Å². The van der Waals surface area contributed by atoms with E-state index in [1.807, 2.05) is 37.2 Å². The number of hydrogen-bond donors (Lipinski definition) is 1. The highest BCUT2D eigenvalue weighted by molar-refractivity contribution is 6.03. The molecular weight excluding hydrogens is 290 g/mol. The van der Waals surface area contributed by atoms with Crippen molar-refractivity contribution in [1.29, 1.82) is 0 Å². The molecule has 1 N–H and O–H groups in total. The molecule has 0 radical (unpaired) electrons. The monoisotopic (exact) mass is 311 g/mol. The Bertz CT molecular complexity index is 741. The lowest BCUT2D eigenvalue weighted by Gasteiger charge is -2.21. The van der Waals surface area contributed by atoms with Crippen molar-refractivity contribution < 1.29 is 4.79 Å². The number of urea groups is 1. The maximum absolute atomic E-state index is 12.7. The summed E-state index contributed by atoms with van der Waals surface area (Å²) >= 11 is 0. The predicted octanol–water partition coefficient (Wildman–Crippen LogP) is 2.87. The maximum Gasteiger partial charge on any atom is 0.327 e. The van der Waals surface area contributed by atoms with Gasteiger partial charge in [-0.2, -0.15) is 0 Å². The Kier molecular flexibility index (Phi) is 3.67. The molecule has 120 valence electrons. The Balaban J connectivity index is 1.84. The number of aromatic nitrogens is 2. The molecule has 0 unspecified atom stereocenters. The van der Waals surface area contributed by atoms with Gasteiger partial charge in [-0.3, -0.25) is 10.2 Å². The van der Waals surface area contributed by atoms with E-state index in [9.17, 15) is 4.79 Å². The lowest BCUT2D eigenvalue weighted by atomic mass is 9.87. The second-order valence-corrected chi connectivity index (χ2v) is 6.57. The third-order valence-corrected chi connectivity index (χ3v) is 4.07. The van der Waals surface area contributed by atoms with Crippen LogP contribution in [0.2, 0.25) is 0 Å². The number of anilines is 3. The van der Waals surface area contributed by atoms with E-state index in [0.29, 0.717) is 12.4 Å². The zero-order valence-corrected chi connectivity index (χ0v) is 13.9. The van der Waals surface area contributed by atoms with Gasteiger partial charge in [-0.25, -0.2) is 14.8 Å². The van der Waals surface area contributed by atoms with Crippen molar-refractivity contribution in [3.8, 4) is 0 Å². The van der Waals surface area contributed by atoms with Crippen LogP contribution in [0.4, 0.5) is 22.1 Å². The molecule has 23 heavy (non-hydrogen) atoms. The van der Waals surface area contributed by atoms with Gasteiger partial charge < -0.3 is 4.90 Å². The minimum Gasteiger partial charge on any atom is -0.363 e. The van der Waals surface area contributed by atoms with Gasteiger partial charge in [-0.15, -0.1) is 0 Å². The van der Waals surface area contributed by atoms with Gasteiger partial charge in [0.2, 0.25) is 0 Å². The molecule has 1 aliphatic heterocycles. The topological polar surface area (TPSA) is 61.4 Å². The minimum absolute atomic E-state index is 0.0611. The van der Waals surface area contributed by atoms with Crippen LogP contribution in [0.5, 0.6) is 0 Å². The van der Waals surface area contributed by atoms with Crippen LogP contribution in [0.25, 0.3) is 0 Å². The van der Waals surface area contributed by atoms with Crippen LogP contribution in [-0.4, -0.2) is 36.6 Å². The summed E-state index contributed by atoms with van der Waals surface area (Å²) in [6, 6.07) is 9.61. The third kappa shape index (κ3) is 2.84. The molecule has 0 fully saturated rings. The van der Waals surface area contributed by atoms with Crippen molar-refractivity contribution in [1.82, 2.24) is 9.97 Å². The summed E-state index contributed by atoms with van der Waals surface area (Å²) in [5, 5.41) is 2.87. The zero-order chi connectivity index (χ0) is 16.6. The van der Waals surface area contributed by atoms with Crippen molar-refractivity contribution in [3.63, 3.8) is 0 Å². The molecule has 2 heterocycles. The van der Waals surface area contributed by atoms with Crippen molar-refractivity contribution in [2.24, 2.45) is 0 Å². The minimum atomic E-state index is -0.175. The van der Waals surface area contributed by atoms with Gasteiger partial charge in [-0.05, 0) is 11.6 Å². The Labute approximate surface area is 136 Å². The van der Waals surface area contributed by atoms with Crippen molar-refractivity contribution in [2.45, 2.75) is 19.3 Å². The number of benzene rings is 1. The molecule has 6 heteroatoms. The van der Waals surface area contributed by atoms with Crippen LogP contribution in [0.3, 0.4) is 0 Å². The summed E-state index contributed by atoms with van der Waals surface area (Å²) in [6.07, 6.45) is 1.45. The summed E-state index contributed by atoms with van der Waals surface area (Å²) in [6.45, 7) is 4.94. The molecule has 0 saturated carbocycles. The first-order valence-electron chi connectivity index (χ1n) is 7.56. The normalized spacial score (nSPS) is 15.2. The fourth-order valence-corrected chi connectivity index (χ4v) is 2.87. The molecule has 0 spiro atoms. The largest absolute Gasteiger partial charge is 0.363 e. The second-order valence-electron chi connectivity index (χ2n) is 6.57. The van der Waals surface area contributed by atoms with E-state index < -0.39 is 0 Å². The van der Waals surface area contributed by atoms with Crippen LogP contribution in [0.1, 0.15) is 19.4 Å². The van der Waals surface area contributed by atoms with E-state index in [-0.39, 0.29) is 11.4 Å². The van der Waals surface area contributed by atoms with Crippen LogP contribution in [0.15, 0.2) is 36.7 Å². The molecule has 1 aromatic heterocycles. The highest BCUT2D eigenvalue weighted by Crippen LogP contribution is 2.40. The fourth-order valence-electron chi connectivity index (χ4n) is 2.87. The highest BCUT2D eigenvalue weighted by Gasteiger charge is 2.37. The number of carbonyl (C=O) groups excluding carboxylic acids is 1. The van der Waals surface area contributed by atoms with E-state index in [0.717, 1.165) is 11.5 Å². The quantitative estimate of drug-likeness (QED) is 0.926. The summed E-state index contributed by atoms with van der Waals surface area (Å²) in [7, 11) is 3.79. The number of rotatable bonds is 2. The first kappa shape index (κ1) is 15.3. The number of amides is 2. The van der Waals surface area contributed by atoms with Crippen molar-refractivity contribution in [2.75, 3.05) is 35.8 Å². The highest BCUT2D eigenvalue weighted by atomic mass is 16.2. The number of hydrogen-bond acceptors (Lipinski definition) is 4. The van der Waals surface area contributed by atoms with E-state index in [2.05, 4.69) is 35.2 Å². The molecule has 1 aliphatic rings. The van der Waals surface area contributed by atoms with Crippen LogP contribution in [0, 0.1) is 0 Å². The van der Waals surface area contributed by atoms with Gasteiger partial charge in [0.1, 0.15) is 18.0 Å². The lowest BCUT2D eigenvalue weighted by molar-refractivity contribution is 0.256. The van der Waals surface area contributed by atoms with Crippen molar-refractivity contribution in [3.05, 3.63) is 42.2 Å². The van der Waals surface area contributed by atoms with Crippen LogP contribution < -0.4 is 15.1 Å². The maximum atomic E-state index is 12.7. The molecule has 0 saturated heterocycles. The fraction of sp³-hybridized carbons (Fsp3) is 0.353. The Morgan fingerprint density at radius 2 is 2.00 bits per heavy atom. The summed E-state index contributed by atoms with van der Waals surface area (Å²) in [5.41, 5.74) is 2.08. The SMILES string of the molecule is CN(C)c1cc(NC(=O)N2CC(C)(C)c3ccccc32)ncn1. The third-order valence-electron chi connectivity index (χ3n) is 4.07. The molecule has 1 aromatic carbocycles. The smallest absolute Gasteiger partial charge is 0.327 e. The Hall–Kier alpha value is -2.63. The number of nitrogens with zero attached hydrogens (tertiary/aromatic N) is 4. The molecule has 6 nitrogen and oxygen atoms in total. The predicted molar refractivity (Wildman–Crippen MR) is 92.2 cm³/mol. The molecule has 2 aromatic rings. The van der Waals surface area contributed by atoms with E-state index in [4.69, 9.17) is 0 Å². The average Bonchev–Trinajstić information content (AvgIpc) is 2.80. The standard InChI is InChI=1S/C17H21N5O/c1-17(2)10-22(13-8-6-5-7-12(13)17)16(23)20-14-9-15(21(3)4)19-11-18-14/h5-9,11H,10H2,1-4H3,(H,18,19,20,23). The number of fused-ring (bicyclic) bond motifs is 1. The average molecular weight is 311 g/mol. The van der Waals surface area contributed by atoms with Gasteiger partial charge in [0.05, 0.1) is 0 Å². The van der Waals surface area contributed by atoms with Crippen LogP contribution >= 0.6 is 0 Å². The van der Waals surface area contributed by atoms with Gasteiger partial charge >= 0.3 is 6.03 Å². The first-order chi connectivity index (χ1) is 10.9. The Morgan fingerprint density at radius 1 is 1.26 bits per heavy atom. The van der Waals surface area contributed by atoms with Gasteiger partial charge in [0.15, 0.2) is 0 Å². The first-order valence-corrected chi connectivity index (χ1v) is 7.56. The lowest BCUT2D eigenvalue weighted by Crippen LogP contribution is -2.37. The molecule has 0 atom stereocenters. The summed E-state index contributed by atoms with van der Waals surface area (Å²) in [5.74, 6) is 1.24. The Morgan fingerprint density at radius 3 is 2.74 bits per heavy atom. The molecule has 0 bridgehead atoms. The molecule has 3 rings (SSSR count). The van der Waals surface area contributed by atoms with E-state index in [1.165, 1.54) is 11.9 Å². The number of nitrogens with one attached hydrogen (secondary N) is 1. The number of para-hydroxylation sites is 1. The summed E-state index contributed by atoms with van der Waals surface area (Å²) < 4.78 is 0. The molecular formula is C17H21N5O. The number of carbonyl (C=O) groups is 1. The van der Waals surface area contributed by atoms with Gasteiger partial charge in [0.25, 0.3) is 0 Å². The van der Waals surface area contributed by atoms with Gasteiger partial charge in [0, 0.05) is 37.8 Å². The van der Waals surface area contributed by atoms with E-state index >= 15 is 0 Å². The zero-order valence-electron chi connectivity index (χ0n) is 13.9. The second kappa shape index (κ2) is 5.53. The molecule has 2 amide bonds. The van der Waals surface area contributed by atoms with Crippen molar-refractivity contribution >= 4 is 23.4 Å². The molecule has 0 aliphatic carbocycles.